The Bertz CT molecular complexity index is 1320. The maximum atomic E-state index is 13.0. The summed E-state index contributed by atoms with van der Waals surface area (Å²) in [5.41, 5.74) is -3.46. The molecule has 58 heavy (non-hydrogen) atoms. The first kappa shape index (κ1) is 52.2. The lowest BCUT2D eigenvalue weighted by Crippen LogP contribution is -2.50. The van der Waals surface area contributed by atoms with Crippen LogP contribution in [0.4, 0.5) is 0 Å². The predicted octanol–water partition coefficient (Wildman–Crippen LogP) is 7.96. The molecule has 13 heteroatoms. The number of amides is 4. The number of nitrogens with zero attached hydrogens (tertiary/aromatic N) is 1. The molecule has 0 aliphatic carbocycles. The van der Waals surface area contributed by atoms with E-state index in [0.717, 1.165) is 57.8 Å². The Kier molecular flexibility index (Phi) is 23.1. The fraction of sp³-hybridized carbons (Fsp3) is 0.800. The van der Waals surface area contributed by atoms with Gasteiger partial charge in [0, 0.05) is 38.1 Å². The predicted molar refractivity (Wildman–Crippen MR) is 224 cm³/mol. The number of esters is 3. The summed E-state index contributed by atoms with van der Waals surface area (Å²) < 4.78 is 16.7. The van der Waals surface area contributed by atoms with E-state index in [4.69, 9.17) is 14.2 Å². The van der Waals surface area contributed by atoms with Gasteiger partial charge in [0.1, 0.15) is 22.8 Å². The number of hydrogen-bond acceptors (Lipinski definition) is 10. The number of rotatable bonds is 28. The van der Waals surface area contributed by atoms with E-state index in [1.165, 1.54) is 36.3 Å². The molecular formula is C45H77N3O10. The number of imide groups is 1. The van der Waals surface area contributed by atoms with Crippen molar-refractivity contribution in [3.8, 4) is 0 Å². The Hall–Kier alpha value is -3.77. The average Bonchev–Trinajstić information content (AvgIpc) is 3.41. The van der Waals surface area contributed by atoms with Crippen LogP contribution in [-0.2, 0) is 47.8 Å². The number of nitrogens with one attached hydrogen (secondary N) is 2. The second kappa shape index (κ2) is 25.7. The molecule has 0 fully saturated rings. The minimum absolute atomic E-state index is 0.0763. The molecule has 1 aliphatic heterocycles. The molecule has 0 aromatic carbocycles. The maximum absolute atomic E-state index is 13.0. The van der Waals surface area contributed by atoms with Crippen LogP contribution in [0.25, 0.3) is 0 Å². The number of unbranched alkanes of at least 4 members (excludes halogenated alkanes) is 14. The molecule has 0 aromatic heterocycles. The molecule has 1 heterocycles. The van der Waals surface area contributed by atoms with Crippen LogP contribution in [0.2, 0.25) is 0 Å². The lowest BCUT2D eigenvalue weighted by Gasteiger charge is -2.32. The Balaban J connectivity index is 2.25. The molecule has 0 saturated heterocycles. The van der Waals surface area contributed by atoms with E-state index in [9.17, 15) is 33.6 Å². The highest BCUT2D eigenvalue weighted by Gasteiger charge is 2.46. The lowest BCUT2D eigenvalue weighted by atomic mass is 9.84. The van der Waals surface area contributed by atoms with Crippen LogP contribution in [0.3, 0.4) is 0 Å². The van der Waals surface area contributed by atoms with E-state index < -0.39 is 46.2 Å². The van der Waals surface area contributed by atoms with E-state index in [-0.39, 0.29) is 43.0 Å². The standard InChI is InChI=1S/C45H77N3O10/c1-42(2,3)56-39(53)34(33-46-35(49)27-24-22-26-32-48-37(51)29-30-38(48)52)47-36(50)28-23-20-18-16-14-12-11-13-15-17-19-21-25-31-45(10,40(54)57-43(4,5)6)41(55)58-44(7,8)9/h29-30,34H,11-28,31-33H2,1-10H3,(H,46,49)(H,47,50). The van der Waals surface area contributed by atoms with Crippen LogP contribution in [-0.4, -0.2) is 82.4 Å². The third-order valence-corrected chi connectivity index (χ3v) is 9.50. The van der Waals surface area contributed by atoms with Crippen LogP contribution in [0, 0.1) is 5.41 Å². The van der Waals surface area contributed by atoms with Crippen molar-refractivity contribution in [2.45, 2.75) is 214 Å². The molecule has 332 valence electrons. The van der Waals surface area contributed by atoms with E-state index >= 15 is 0 Å². The zero-order valence-corrected chi connectivity index (χ0v) is 37.6. The molecule has 2 N–H and O–H groups in total. The molecule has 1 atom stereocenters. The minimum Gasteiger partial charge on any atom is -0.459 e. The molecule has 0 saturated carbocycles. The number of hydrogen-bond donors (Lipinski definition) is 2. The van der Waals surface area contributed by atoms with Gasteiger partial charge >= 0.3 is 17.9 Å². The van der Waals surface area contributed by atoms with E-state index in [2.05, 4.69) is 10.6 Å². The fourth-order valence-corrected chi connectivity index (χ4v) is 6.30. The number of carbonyl (C=O) groups excluding carboxylic acids is 7. The normalized spacial score (nSPS) is 14.0. The van der Waals surface area contributed by atoms with Gasteiger partial charge in [-0.25, -0.2) is 4.79 Å². The molecule has 1 aliphatic rings. The molecule has 0 radical (unpaired) electrons. The first-order valence-corrected chi connectivity index (χ1v) is 21.7. The lowest BCUT2D eigenvalue weighted by molar-refractivity contribution is -0.184. The summed E-state index contributed by atoms with van der Waals surface area (Å²) in [4.78, 5) is 88.6. The first-order chi connectivity index (χ1) is 26.9. The zero-order valence-electron chi connectivity index (χ0n) is 37.6. The topological polar surface area (TPSA) is 174 Å². The molecule has 1 unspecified atom stereocenters. The first-order valence-electron chi connectivity index (χ1n) is 21.7. The van der Waals surface area contributed by atoms with Gasteiger partial charge in [-0.1, -0.05) is 83.5 Å². The second-order valence-corrected chi connectivity index (χ2v) is 18.9. The molecule has 0 bridgehead atoms. The van der Waals surface area contributed by atoms with Crippen LogP contribution in [0.1, 0.15) is 191 Å². The summed E-state index contributed by atoms with van der Waals surface area (Å²) in [5.74, 6) is -2.82. The van der Waals surface area contributed by atoms with Gasteiger partial charge in [-0.2, -0.15) is 0 Å². The summed E-state index contributed by atoms with van der Waals surface area (Å²) >= 11 is 0. The largest absolute Gasteiger partial charge is 0.459 e. The third-order valence-electron chi connectivity index (χ3n) is 9.50. The Morgan fingerprint density at radius 3 is 1.34 bits per heavy atom. The van der Waals surface area contributed by atoms with Crippen molar-refractivity contribution in [2.75, 3.05) is 13.1 Å². The number of ether oxygens (including phenoxy) is 3. The summed E-state index contributed by atoms with van der Waals surface area (Å²) in [6, 6.07) is -1.00. The van der Waals surface area contributed by atoms with Gasteiger partial charge in [0.15, 0.2) is 5.41 Å². The Morgan fingerprint density at radius 1 is 0.534 bits per heavy atom. The Labute approximate surface area is 348 Å². The second-order valence-electron chi connectivity index (χ2n) is 18.9. The van der Waals surface area contributed by atoms with E-state index in [1.54, 1.807) is 69.2 Å². The molecule has 4 amide bonds. The summed E-state index contributed by atoms with van der Waals surface area (Å²) in [6.07, 6.45) is 18.6. The van der Waals surface area contributed by atoms with Gasteiger partial charge in [-0.3, -0.25) is 33.7 Å². The summed E-state index contributed by atoms with van der Waals surface area (Å²) in [7, 11) is 0. The summed E-state index contributed by atoms with van der Waals surface area (Å²) in [6.45, 7) is 17.9. The van der Waals surface area contributed by atoms with Crippen molar-refractivity contribution < 1.29 is 47.8 Å². The van der Waals surface area contributed by atoms with Crippen molar-refractivity contribution >= 4 is 41.5 Å². The van der Waals surface area contributed by atoms with Gasteiger partial charge in [0.05, 0.1) is 0 Å². The van der Waals surface area contributed by atoms with Crippen molar-refractivity contribution in [3.63, 3.8) is 0 Å². The minimum atomic E-state index is -1.33. The van der Waals surface area contributed by atoms with Crippen LogP contribution in [0.5, 0.6) is 0 Å². The highest BCUT2D eigenvalue weighted by Crippen LogP contribution is 2.32. The Morgan fingerprint density at radius 2 is 0.914 bits per heavy atom. The molecule has 1 rings (SSSR count). The van der Waals surface area contributed by atoms with Crippen LogP contribution in [0.15, 0.2) is 12.2 Å². The highest BCUT2D eigenvalue weighted by atomic mass is 16.6. The van der Waals surface area contributed by atoms with E-state index in [0.29, 0.717) is 38.6 Å². The van der Waals surface area contributed by atoms with Gasteiger partial charge in [0.25, 0.3) is 11.8 Å². The van der Waals surface area contributed by atoms with Gasteiger partial charge < -0.3 is 24.8 Å². The molecule has 13 nitrogen and oxygen atoms in total. The molecule has 0 aromatic rings. The number of carbonyl (C=O) groups is 7. The maximum Gasteiger partial charge on any atom is 0.331 e. The van der Waals surface area contributed by atoms with E-state index in [1.807, 2.05) is 0 Å². The SMILES string of the molecule is CC(C)(C)OC(=O)C(CNC(=O)CCCCCN1C(=O)C=CC1=O)NC(=O)CCCCCCCCCCCCCCCC(C)(C(=O)OC(C)(C)C)C(=O)OC(C)(C)C. The van der Waals surface area contributed by atoms with Crippen molar-refractivity contribution in [1.82, 2.24) is 15.5 Å². The van der Waals surface area contributed by atoms with Crippen molar-refractivity contribution in [3.05, 3.63) is 12.2 Å². The highest BCUT2D eigenvalue weighted by molar-refractivity contribution is 6.12. The van der Waals surface area contributed by atoms with Gasteiger partial charge in [-0.05, 0) is 94.9 Å². The third kappa shape index (κ3) is 23.6. The van der Waals surface area contributed by atoms with Gasteiger partial charge in [-0.15, -0.1) is 0 Å². The fourth-order valence-electron chi connectivity index (χ4n) is 6.30. The average molecular weight is 820 g/mol. The monoisotopic (exact) mass is 820 g/mol. The van der Waals surface area contributed by atoms with Crippen molar-refractivity contribution in [1.29, 1.82) is 0 Å². The van der Waals surface area contributed by atoms with Gasteiger partial charge in [0.2, 0.25) is 11.8 Å². The van der Waals surface area contributed by atoms with Crippen LogP contribution < -0.4 is 10.6 Å². The quantitative estimate of drug-likeness (QED) is 0.0259. The molecular weight excluding hydrogens is 743 g/mol. The molecule has 0 spiro atoms. The van der Waals surface area contributed by atoms with Crippen LogP contribution >= 0.6 is 0 Å². The van der Waals surface area contributed by atoms with Crippen molar-refractivity contribution in [2.24, 2.45) is 5.41 Å². The summed E-state index contributed by atoms with van der Waals surface area (Å²) in [5, 5.41) is 5.48. The zero-order chi connectivity index (χ0) is 44.0. The smallest absolute Gasteiger partial charge is 0.331 e.